The van der Waals surface area contributed by atoms with Gasteiger partial charge in [0.1, 0.15) is 0 Å². The number of carbonyl (C=O) groups excluding carboxylic acids is 1. The number of benzene rings is 2. The zero-order valence-electron chi connectivity index (χ0n) is 17.5. The Kier molecular flexibility index (Phi) is 6.16. The van der Waals surface area contributed by atoms with Gasteiger partial charge in [-0.15, -0.1) is 0 Å². The van der Waals surface area contributed by atoms with Crippen LogP contribution < -0.4 is 14.8 Å². The molecule has 0 fully saturated rings. The highest BCUT2D eigenvalue weighted by Gasteiger charge is 2.16. The van der Waals surface area contributed by atoms with Gasteiger partial charge in [-0.05, 0) is 48.7 Å². The Bertz CT molecular complexity index is 1060. The summed E-state index contributed by atoms with van der Waals surface area (Å²) in [5.74, 6) is 1.25. The van der Waals surface area contributed by atoms with Crippen LogP contribution in [0.5, 0.6) is 11.5 Å². The quantitative estimate of drug-likeness (QED) is 0.623. The van der Waals surface area contributed by atoms with Crippen molar-refractivity contribution in [2.75, 3.05) is 26.1 Å². The summed E-state index contributed by atoms with van der Waals surface area (Å²) >= 11 is 0. The maximum absolute atomic E-state index is 12.0. The van der Waals surface area contributed by atoms with Crippen molar-refractivity contribution in [2.45, 2.75) is 19.4 Å². The maximum atomic E-state index is 12.0. The van der Waals surface area contributed by atoms with Crippen molar-refractivity contribution >= 4 is 17.3 Å². The van der Waals surface area contributed by atoms with Gasteiger partial charge >= 0.3 is 0 Å². The predicted octanol–water partition coefficient (Wildman–Crippen LogP) is 3.94. The van der Waals surface area contributed by atoms with E-state index in [2.05, 4.69) is 15.3 Å². The molecule has 0 bridgehead atoms. The molecule has 1 aliphatic heterocycles. The molecule has 0 atom stereocenters. The van der Waals surface area contributed by atoms with Gasteiger partial charge in [0.15, 0.2) is 17.9 Å². The predicted molar refractivity (Wildman–Crippen MR) is 117 cm³/mol. The monoisotopic (exact) mass is 420 g/mol. The number of anilines is 1. The third kappa shape index (κ3) is 4.85. The van der Waals surface area contributed by atoms with Gasteiger partial charge in [-0.2, -0.15) is 5.10 Å². The second-order valence-electron chi connectivity index (χ2n) is 7.12. The summed E-state index contributed by atoms with van der Waals surface area (Å²) in [7, 11) is 3.26. The fourth-order valence-electron chi connectivity index (χ4n) is 3.46. The number of aromatic nitrogens is 1. The van der Waals surface area contributed by atoms with Crippen LogP contribution in [0.2, 0.25) is 0 Å². The Morgan fingerprint density at radius 3 is 2.65 bits per heavy atom. The van der Waals surface area contributed by atoms with Crippen LogP contribution in [0.25, 0.3) is 0 Å². The van der Waals surface area contributed by atoms with Crippen LogP contribution in [0.1, 0.15) is 34.5 Å². The number of oxazole rings is 1. The third-order valence-corrected chi connectivity index (χ3v) is 5.04. The molecular formula is C23H24N4O4. The van der Waals surface area contributed by atoms with Gasteiger partial charge in [0.05, 0.1) is 32.7 Å². The highest BCUT2D eigenvalue weighted by Crippen LogP contribution is 2.29. The average Bonchev–Trinajstić information content (AvgIpc) is 3.35. The lowest BCUT2D eigenvalue weighted by molar-refractivity contribution is 0.0996. The molecule has 0 spiro atoms. The molecule has 31 heavy (non-hydrogen) atoms. The zero-order valence-corrected chi connectivity index (χ0v) is 17.5. The minimum atomic E-state index is -0.328. The molecule has 8 nitrogen and oxygen atoms in total. The van der Waals surface area contributed by atoms with Gasteiger partial charge in [0, 0.05) is 17.8 Å². The number of amides is 1. The van der Waals surface area contributed by atoms with E-state index >= 15 is 0 Å². The molecule has 8 heteroatoms. The van der Waals surface area contributed by atoms with Crippen LogP contribution in [-0.4, -0.2) is 42.4 Å². The Balaban J connectivity index is 1.42. The highest BCUT2D eigenvalue weighted by atomic mass is 16.5. The summed E-state index contributed by atoms with van der Waals surface area (Å²) < 4.78 is 15.7. The summed E-state index contributed by atoms with van der Waals surface area (Å²) in [6.45, 7) is 1.58. The topological polar surface area (TPSA) is 89.2 Å². The molecular weight excluding hydrogens is 396 g/mol. The van der Waals surface area contributed by atoms with Crippen LogP contribution in [-0.2, 0) is 6.54 Å². The first-order valence-electron chi connectivity index (χ1n) is 10.00. The standard InChI is InChI=1S/C23H24N4O4/c1-29-20-10-7-17(12-21(20)30-2)19-4-3-11-27(26-19)14-16-5-8-18(9-6-16)25-23(28)22-13-24-15-31-22/h5-10,12-13,15H,3-4,11,14H2,1-2H3,(H,25,28). The molecule has 1 N–H and O–H groups in total. The maximum Gasteiger partial charge on any atom is 0.293 e. The molecule has 0 saturated carbocycles. The molecule has 2 heterocycles. The SMILES string of the molecule is COc1ccc(C2=NN(Cc3ccc(NC(=O)c4cnco4)cc3)CCC2)cc1OC. The van der Waals surface area contributed by atoms with Crippen molar-refractivity contribution < 1.29 is 18.7 Å². The molecule has 160 valence electrons. The molecule has 1 aromatic heterocycles. The Morgan fingerprint density at radius 2 is 1.94 bits per heavy atom. The summed E-state index contributed by atoms with van der Waals surface area (Å²) in [6.07, 6.45) is 4.55. The summed E-state index contributed by atoms with van der Waals surface area (Å²) in [6, 6.07) is 13.6. The molecule has 4 rings (SSSR count). The van der Waals surface area contributed by atoms with Gasteiger partial charge in [-0.3, -0.25) is 9.80 Å². The third-order valence-electron chi connectivity index (χ3n) is 5.04. The highest BCUT2D eigenvalue weighted by molar-refractivity contribution is 6.02. The molecule has 0 aliphatic carbocycles. The van der Waals surface area contributed by atoms with E-state index in [1.165, 1.54) is 12.6 Å². The molecule has 3 aromatic rings. The van der Waals surface area contributed by atoms with E-state index < -0.39 is 0 Å². The lowest BCUT2D eigenvalue weighted by atomic mass is 10.0. The lowest BCUT2D eigenvalue weighted by Gasteiger charge is -2.26. The zero-order chi connectivity index (χ0) is 21.6. The number of rotatable bonds is 7. The van der Waals surface area contributed by atoms with Crippen LogP contribution in [0.15, 0.2) is 64.6 Å². The van der Waals surface area contributed by atoms with E-state index in [-0.39, 0.29) is 11.7 Å². The summed E-state index contributed by atoms with van der Waals surface area (Å²) in [5, 5.41) is 9.70. The number of hydrogen-bond donors (Lipinski definition) is 1. The number of methoxy groups -OCH3 is 2. The minimum Gasteiger partial charge on any atom is -0.493 e. The number of hydrazone groups is 1. The van der Waals surface area contributed by atoms with Crippen LogP contribution in [0.4, 0.5) is 5.69 Å². The first-order chi connectivity index (χ1) is 15.2. The molecule has 1 aliphatic rings. The van der Waals surface area contributed by atoms with Crippen molar-refractivity contribution in [3.8, 4) is 11.5 Å². The van der Waals surface area contributed by atoms with E-state index in [0.717, 1.165) is 36.2 Å². The number of nitrogens with one attached hydrogen (secondary N) is 1. The molecule has 0 saturated heterocycles. The molecule has 1 amide bonds. The van der Waals surface area contributed by atoms with Crippen molar-refractivity contribution in [2.24, 2.45) is 5.10 Å². The number of ether oxygens (including phenoxy) is 2. The van der Waals surface area contributed by atoms with Gasteiger partial charge in [-0.25, -0.2) is 4.98 Å². The first kappa shape index (κ1) is 20.5. The van der Waals surface area contributed by atoms with Crippen molar-refractivity contribution in [1.82, 2.24) is 9.99 Å². The number of hydrogen-bond acceptors (Lipinski definition) is 7. The van der Waals surface area contributed by atoms with E-state index in [0.29, 0.717) is 23.7 Å². The van der Waals surface area contributed by atoms with Gasteiger partial charge in [-0.1, -0.05) is 12.1 Å². The molecule has 2 aromatic carbocycles. The van der Waals surface area contributed by atoms with Gasteiger partial charge in [0.25, 0.3) is 5.91 Å². The number of nitrogens with zero attached hydrogens (tertiary/aromatic N) is 3. The van der Waals surface area contributed by atoms with E-state index in [1.54, 1.807) is 14.2 Å². The smallest absolute Gasteiger partial charge is 0.293 e. The largest absolute Gasteiger partial charge is 0.493 e. The number of carbonyl (C=O) groups is 1. The average molecular weight is 420 g/mol. The van der Waals surface area contributed by atoms with E-state index in [4.69, 9.17) is 19.0 Å². The van der Waals surface area contributed by atoms with Crippen molar-refractivity contribution in [3.05, 3.63) is 71.9 Å². The van der Waals surface area contributed by atoms with Gasteiger partial charge < -0.3 is 19.2 Å². The van der Waals surface area contributed by atoms with Crippen LogP contribution in [0, 0.1) is 0 Å². The van der Waals surface area contributed by atoms with Crippen molar-refractivity contribution in [3.63, 3.8) is 0 Å². The normalized spacial score (nSPS) is 13.5. The van der Waals surface area contributed by atoms with Gasteiger partial charge in [0.2, 0.25) is 5.76 Å². The lowest BCUT2D eigenvalue weighted by Crippen LogP contribution is -2.26. The molecule has 0 unspecified atom stereocenters. The van der Waals surface area contributed by atoms with Crippen LogP contribution in [0.3, 0.4) is 0 Å². The second-order valence-corrected chi connectivity index (χ2v) is 7.12. The fraction of sp³-hybridized carbons (Fsp3) is 0.261. The van der Waals surface area contributed by atoms with E-state index in [1.807, 2.05) is 42.5 Å². The van der Waals surface area contributed by atoms with Crippen LogP contribution >= 0.6 is 0 Å². The summed E-state index contributed by atoms with van der Waals surface area (Å²) in [5.41, 5.74) is 3.87. The Labute approximate surface area is 180 Å². The first-order valence-corrected chi connectivity index (χ1v) is 10.00. The Hall–Kier alpha value is -3.81. The fourth-order valence-corrected chi connectivity index (χ4v) is 3.46. The van der Waals surface area contributed by atoms with E-state index in [9.17, 15) is 4.79 Å². The van der Waals surface area contributed by atoms with Crippen molar-refractivity contribution in [1.29, 1.82) is 0 Å². The Morgan fingerprint density at radius 1 is 1.13 bits per heavy atom. The molecule has 0 radical (unpaired) electrons. The minimum absolute atomic E-state index is 0.175. The second kappa shape index (κ2) is 9.34. The summed E-state index contributed by atoms with van der Waals surface area (Å²) in [4.78, 5) is 15.8.